The van der Waals surface area contributed by atoms with E-state index in [9.17, 15) is 4.79 Å². The molecule has 8 heteroatoms. The van der Waals surface area contributed by atoms with Crippen LogP contribution < -0.4 is 10.9 Å². The molecule has 1 aliphatic carbocycles. The van der Waals surface area contributed by atoms with Crippen molar-refractivity contribution in [3.05, 3.63) is 55.9 Å². The van der Waals surface area contributed by atoms with Crippen LogP contribution in [0, 0.1) is 0 Å². The summed E-state index contributed by atoms with van der Waals surface area (Å²) in [6, 6.07) is 7.60. The highest BCUT2D eigenvalue weighted by atomic mass is 79.9. The van der Waals surface area contributed by atoms with E-state index in [1.54, 1.807) is 18.3 Å². The number of aromatic nitrogens is 2. The molecule has 1 aromatic carbocycles. The molecule has 0 atom stereocenters. The number of rotatable bonds is 6. The van der Waals surface area contributed by atoms with Crippen LogP contribution in [0.5, 0.6) is 0 Å². The maximum absolute atomic E-state index is 12.8. The lowest BCUT2D eigenvalue weighted by Gasteiger charge is -2.24. The van der Waals surface area contributed by atoms with Crippen molar-refractivity contribution < 1.29 is 4.84 Å². The molecule has 0 bridgehead atoms. The van der Waals surface area contributed by atoms with Crippen molar-refractivity contribution in [2.24, 2.45) is 5.16 Å². The highest BCUT2D eigenvalue weighted by molar-refractivity contribution is 9.10. The quantitative estimate of drug-likeness (QED) is 0.518. The van der Waals surface area contributed by atoms with Gasteiger partial charge in [0.1, 0.15) is 17.3 Å². The predicted octanol–water partition coefficient (Wildman–Crippen LogP) is 4.45. The van der Waals surface area contributed by atoms with Crippen LogP contribution in [-0.2, 0) is 11.4 Å². The molecule has 2 aromatic rings. The van der Waals surface area contributed by atoms with E-state index in [2.05, 4.69) is 31.5 Å². The standard InChI is InChI=1S/C19H22BrClN4O2/c1-27-24-17(13-7-9-14(21)10-8-13)12-25-19(26)18(20)16(11-22-25)23-15-5-3-2-4-6-15/h7-11,15,23H,2-6,12H2,1H3/b24-17-. The van der Waals surface area contributed by atoms with Gasteiger partial charge in [-0.05, 0) is 40.9 Å². The molecule has 1 fully saturated rings. The number of hydrogen-bond donors (Lipinski definition) is 1. The lowest BCUT2D eigenvalue weighted by atomic mass is 9.95. The first-order valence-electron chi connectivity index (χ1n) is 8.96. The molecular weight excluding hydrogens is 432 g/mol. The number of nitrogens with one attached hydrogen (secondary N) is 1. The predicted molar refractivity (Wildman–Crippen MR) is 112 cm³/mol. The van der Waals surface area contributed by atoms with Crippen molar-refractivity contribution in [2.75, 3.05) is 12.4 Å². The summed E-state index contributed by atoms with van der Waals surface area (Å²) in [7, 11) is 1.47. The summed E-state index contributed by atoms with van der Waals surface area (Å²) < 4.78 is 1.85. The van der Waals surface area contributed by atoms with Crippen molar-refractivity contribution in [3.63, 3.8) is 0 Å². The molecule has 1 aromatic heterocycles. The third-order valence-corrected chi connectivity index (χ3v) is 5.65. The van der Waals surface area contributed by atoms with E-state index in [-0.39, 0.29) is 12.1 Å². The molecule has 27 heavy (non-hydrogen) atoms. The molecule has 1 N–H and O–H groups in total. The zero-order chi connectivity index (χ0) is 19.2. The third-order valence-electron chi connectivity index (χ3n) is 4.63. The van der Waals surface area contributed by atoms with Crippen molar-refractivity contribution in [3.8, 4) is 0 Å². The zero-order valence-electron chi connectivity index (χ0n) is 15.1. The molecule has 3 rings (SSSR count). The zero-order valence-corrected chi connectivity index (χ0v) is 17.5. The van der Waals surface area contributed by atoms with Gasteiger partial charge in [-0.1, -0.05) is 48.2 Å². The molecule has 0 aliphatic heterocycles. The topological polar surface area (TPSA) is 68.5 Å². The largest absolute Gasteiger partial charge is 0.399 e. The summed E-state index contributed by atoms with van der Waals surface area (Å²) in [4.78, 5) is 17.7. The van der Waals surface area contributed by atoms with Crippen LogP contribution in [0.4, 0.5) is 5.69 Å². The smallest absolute Gasteiger partial charge is 0.283 e. The van der Waals surface area contributed by atoms with Gasteiger partial charge in [0, 0.05) is 16.6 Å². The SMILES string of the molecule is CO/N=C(/Cn1ncc(NC2CCCCC2)c(Br)c1=O)c1ccc(Cl)cc1. The summed E-state index contributed by atoms with van der Waals surface area (Å²) >= 11 is 9.37. The van der Waals surface area contributed by atoms with E-state index in [0.717, 1.165) is 24.1 Å². The lowest BCUT2D eigenvalue weighted by molar-refractivity contribution is 0.212. The Labute approximate surface area is 171 Å². The minimum Gasteiger partial charge on any atom is -0.399 e. The average molecular weight is 454 g/mol. The van der Waals surface area contributed by atoms with Crippen LogP contribution in [-0.4, -0.2) is 28.6 Å². The van der Waals surface area contributed by atoms with E-state index in [0.29, 0.717) is 21.2 Å². The molecule has 0 saturated heterocycles. The first-order valence-corrected chi connectivity index (χ1v) is 10.1. The number of halogens is 2. The van der Waals surface area contributed by atoms with Crippen molar-refractivity contribution in [2.45, 2.75) is 44.7 Å². The van der Waals surface area contributed by atoms with Gasteiger partial charge in [0.2, 0.25) is 0 Å². The van der Waals surface area contributed by atoms with Gasteiger partial charge in [-0.15, -0.1) is 0 Å². The van der Waals surface area contributed by atoms with Gasteiger partial charge in [-0.25, -0.2) is 4.68 Å². The minimum atomic E-state index is -0.214. The molecule has 1 aliphatic rings. The second kappa shape index (κ2) is 9.37. The van der Waals surface area contributed by atoms with Crippen LogP contribution in [0.1, 0.15) is 37.7 Å². The van der Waals surface area contributed by atoms with Gasteiger partial charge >= 0.3 is 0 Å². The first-order chi connectivity index (χ1) is 13.1. The Kier molecular flexibility index (Phi) is 6.90. The van der Waals surface area contributed by atoms with Gasteiger partial charge < -0.3 is 10.2 Å². The Morgan fingerprint density at radius 3 is 2.70 bits per heavy atom. The molecule has 144 valence electrons. The summed E-state index contributed by atoms with van der Waals surface area (Å²) in [5.74, 6) is 0. The van der Waals surface area contributed by atoms with E-state index >= 15 is 0 Å². The van der Waals surface area contributed by atoms with Crippen LogP contribution in [0.15, 0.2) is 44.9 Å². The lowest BCUT2D eigenvalue weighted by Crippen LogP contribution is -2.30. The molecule has 0 unspecified atom stereocenters. The Morgan fingerprint density at radius 1 is 1.33 bits per heavy atom. The number of anilines is 1. The molecule has 1 saturated carbocycles. The molecule has 0 spiro atoms. The Morgan fingerprint density at radius 2 is 2.04 bits per heavy atom. The van der Waals surface area contributed by atoms with Crippen LogP contribution in [0.2, 0.25) is 5.02 Å². The average Bonchev–Trinajstić information content (AvgIpc) is 2.68. The summed E-state index contributed by atoms with van der Waals surface area (Å²) in [5.41, 5.74) is 1.92. The monoisotopic (exact) mass is 452 g/mol. The summed E-state index contributed by atoms with van der Waals surface area (Å²) in [5, 5.41) is 12.4. The first kappa shape index (κ1) is 19.9. The second-order valence-electron chi connectivity index (χ2n) is 6.54. The van der Waals surface area contributed by atoms with E-state index in [4.69, 9.17) is 16.4 Å². The normalized spacial score (nSPS) is 15.6. The molecule has 0 amide bonds. The van der Waals surface area contributed by atoms with Gasteiger partial charge in [-0.3, -0.25) is 4.79 Å². The fourth-order valence-electron chi connectivity index (χ4n) is 3.21. The number of benzene rings is 1. The minimum absolute atomic E-state index is 0.191. The van der Waals surface area contributed by atoms with Crippen LogP contribution >= 0.6 is 27.5 Å². The van der Waals surface area contributed by atoms with Gasteiger partial charge in [0.15, 0.2) is 0 Å². The number of oxime groups is 1. The van der Waals surface area contributed by atoms with E-state index in [1.807, 2.05) is 12.1 Å². The Hall–Kier alpha value is -1.86. The third kappa shape index (κ3) is 5.11. The van der Waals surface area contributed by atoms with Gasteiger partial charge in [0.25, 0.3) is 5.56 Å². The molecule has 1 heterocycles. The van der Waals surface area contributed by atoms with Crippen LogP contribution in [0.25, 0.3) is 0 Å². The van der Waals surface area contributed by atoms with Crippen molar-refractivity contribution in [1.29, 1.82) is 0 Å². The van der Waals surface area contributed by atoms with Crippen LogP contribution in [0.3, 0.4) is 0 Å². The maximum atomic E-state index is 12.8. The second-order valence-corrected chi connectivity index (χ2v) is 7.77. The van der Waals surface area contributed by atoms with Gasteiger partial charge in [0.05, 0.1) is 18.4 Å². The Balaban J connectivity index is 1.81. The molecular formula is C19H22BrClN4O2. The van der Waals surface area contributed by atoms with Crippen molar-refractivity contribution >= 4 is 38.9 Å². The fraction of sp³-hybridized carbons (Fsp3) is 0.421. The summed E-state index contributed by atoms with van der Waals surface area (Å²) in [6.07, 6.45) is 7.65. The number of hydrogen-bond acceptors (Lipinski definition) is 5. The molecule has 0 radical (unpaired) electrons. The maximum Gasteiger partial charge on any atom is 0.283 e. The fourth-order valence-corrected chi connectivity index (χ4v) is 3.76. The highest BCUT2D eigenvalue weighted by Gasteiger charge is 2.17. The van der Waals surface area contributed by atoms with Crippen molar-refractivity contribution in [1.82, 2.24) is 9.78 Å². The number of nitrogens with zero attached hydrogens (tertiary/aromatic N) is 3. The molecule has 6 nitrogen and oxygen atoms in total. The van der Waals surface area contributed by atoms with E-state index in [1.165, 1.54) is 31.1 Å². The van der Waals surface area contributed by atoms with Gasteiger partial charge in [-0.2, -0.15) is 5.10 Å². The van der Waals surface area contributed by atoms with E-state index < -0.39 is 0 Å². The Bertz CT molecular complexity index is 861. The summed E-state index contributed by atoms with van der Waals surface area (Å²) in [6.45, 7) is 0.191. The highest BCUT2D eigenvalue weighted by Crippen LogP contribution is 2.24.